The summed E-state index contributed by atoms with van der Waals surface area (Å²) in [6, 6.07) is 1.88. The molecule has 2 aromatic heterocycles. The molecule has 1 saturated heterocycles. The number of nitrogens with zero attached hydrogens (tertiary/aromatic N) is 2. The Kier molecular flexibility index (Phi) is 5.44. The molecule has 0 bridgehead atoms. The smallest absolute Gasteiger partial charge is 0.258 e. The van der Waals surface area contributed by atoms with Crippen LogP contribution in [0.25, 0.3) is 0 Å². The number of alkyl halides is 1. The molecule has 1 aliphatic heterocycles. The van der Waals surface area contributed by atoms with E-state index in [0.717, 1.165) is 22.6 Å². The quantitative estimate of drug-likeness (QED) is 0.772. The summed E-state index contributed by atoms with van der Waals surface area (Å²) >= 11 is 14.3. The van der Waals surface area contributed by atoms with Gasteiger partial charge in [-0.1, -0.05) is 22.9 Å². The van der Waals surface area contributed by atoms with Crippen LogP contribution in [0.3, 0.4) is 0 Å². The van der Waals surface area contributed by atoms with Crippen LogP contribution < -0.4 is 5.32 Å². The number of halogens is 2. The molecule has 1 unspecified atom stereocenters. The minimum absolute atomic E-state index is 0.0100. The molecule has 0 saturated carbocycles. The summed E-state index contributed by atoms with van der Waals surface area (Å²) in [5.74, 6) is -0.290. The van der Waals surface area contributed by atoms with Gasteiger partial charge in [0, 0.05) is 16.3 Å². The Morgan fingerprint density at radius 1 is 1.46 bits per heavy atom. The number of hydrogen-bond acceptors (Lipinski definition) is 5. The van der Waals surface area contributed by atoms with Gasteiger partial charge in [-0.05, 0) is 25.8 Å². The van der Waals surface area contributed by atoms with E-state index in [1.807, 2.05) is 13.0 Å². The largest absolute Gasteiger partial charge is 0.334 e. The van der Waals surface area contributed by atoms with Crippen LogP contribution in [0.1, 0.15) is 39.0 Å². The molecule has 1 atom stereocenters. The zero-order valence-electron chi connectivity index (χ0n) is 12.8. The predicted octanol–water partition coefficient (Wildman–Crippen LogP) is 4.32. The predicted molar refractivity (Wildman–Crippen MR) is 98.5 cm³/mol. The maximum Gasteiger partial charge on any atom is 0.258 e. The lowest BCUT2D eigenvalue weighted by atomic mass is 10.1. The van der Waals surface area contributed by atoms with Crippen molar-refractivity contribution in [1.82, 2.24) is 9.88 Å². The number of carbonyl (C=O) groups excluding carboxylic acids is 2. The summed E-state index contributed by atoms with van der Waals surface area (Å²) in [6.45, 7) is 2.62. The van der Waals surface area contributed by atoms with Gasteiger partial charge in [-0.25, -0.2) is 4.98 Å². The molecule has 1 N–H and O–H groups in total. The average molecular weight is 404 g/mol. The van der Waals surface area contributed by atoms with Gasteiger partial charge in [0.05, 0.1) is 17.8 Å². The second-order valence-corrected chi connectivity index (χ2v) is 8.64. The third kappa shape index (κ3) is 3.59. The molecule has 2 aromatic rings. The third-order valence-corrected chi connectivity index (χ3v) is 6.31. The molecule has 0 radical (unpaired) electrons. The Balaban J connectivity index is 1.79. The Morgan fingerprint density at radius 2 is 2.25 bits per heavy atom. The molecule has 0 spiro atoms. The summed E-state index contributed by atoms with van der Waals surface area (Å²) in [7, 11) is 0. The Labute approximate surface area is 157 Å². The van der Waals surface area contributed by atoms with Gasteiger partial charge in [-0.2, -0.15) is 0 Å². The van der Waals surface area contributed by atoms with E-state index in [-0.39, 0.29) is 23.7 Å². The van der Waals surface area contributed by atoms with Gasteiger partial charge >= 0.3 is 0 Å². The molecule has 1 fully saturated rings. The number of thiazole rings is 1. The van der Waals surface area contributed by atoms with Crippen LogP contribution >= 0.6 is 45.9 Å². The molecule has 3 rings (SSSR count). The second kappa shape index (κ2) is 7.39. The fraction of sp³-hybridized carbons (Fsp3) is 0.400. The van der Waals surface area contributed by atoms with Crippen LogP contribution in [0.4, 0.5) is 5.13 Å². The van der Waals surface area contributed by atoms with Crippen molar-refractivity contribution in [3.63, 3.8) is 0 Å². The summed E-state index contributed by atoms with van der Waals surface area (Å²) in [6.07, 6.45) is 3.34. The number of amides is 2. The number of anilines is 1. The zero-order valence-corrected chi connectivity index (χ0v) is 16.0. The molecule has 9 heteroatoms. The van der Waals surface area contributed by atoms with E-state index < -0.39 is 0 Å². The first kappa shape index (κ1) is 17.7. The first-order valence-corrected chi connectivity index (χ1v) is 9.92. The van der Waals surface area contributed by atoms with Gasteiger partial charge in [0.15, 0.2) is 5.13 Å². The molecule has 2 amide bonds. The topological polar surface area (TPSA) is 62.3 Å². The Bertz CT molecular complexity index is 775. The van der Waals surface area contributed by atoms with Crippen LogP contribution in [-0.2, 0) is 4.79 Å². The monoisotopic (exact) mass is 403 g/mol. The number of aromatic nitrogens is 1. The zero-order chi connectivity index (χ0) is 17.3. The fourth-order valence-electron chi connectivity index (χ4n) is 2.81. The van der Waals surface area contributed by atoms with Gasteiger partial charge in [-0.15, -0.1) is 22.9 Å². The number of aryl methyl sites for hydroxylation is 1. The molecular weight excluding hydrogens is 389 g/mol. The minimum Gasteiger partial charge on any atom is -0.334 e. The van der Waals surface area contributed by atoms with Crippen LogP contribution in [0, 0.1) is 6.92 Å². The lowest BCUT2D eigenvalue weighted by Gasteiger charge is -2.22. The van der Waals surface area contributed by atoms with Crippen LogP contribution in [-0.4, -0.2) is 34.1 Å². The van der Waals surface area contributed by atoms with Crippen molar-refractivity contribution in [3.8, 4) is 0 Å². The van der Waals surface area contributed by atoms with Crippen molar-refractivity contribution in [2.75, 3.05) is 17.7 Å². The molecule has 24 heavy (non-hydrogen) atoms. The van der Waals surface area contributed by atoms with E-state index in [0.29, 0.717) is 21.6 Å². The van der Waals surface area contributed by atoms with Gasteiger partial charge in [-0.3, -0.25) is 14.9 Å². The van der Waals surface area contributed by atoms with Crippen LogP contribution in [0.15, 0.2) is 12.3 Å². The highest BCUT2D eigenvalue weighted by Crippen LogP contribution is 2.37. The molecule has 1 aliphatic rings. The SMILES string of the molecule is Cc1sc(C2CCCN2C(=O)CCl)cc1C(=O)Nc1ncc(Cl)s1. The van der Waals surface area contributed by atoms with E-state index >= 15 is 0 Å². The van der Waals surface area contributed by atoms with Gasteiger partial charge in [0.25, 0.3) is 5.91 Å². The van der Waals surface area contributed by atoms with E-state index in [2.05, 4.69) is 10.3 Å². The highest BCUT2D eigenvalue weighted by Gasteiger charge is 2.31. The maximum atomic E-state index is 12.5. The number of rotatable bonds is 4. The van der Waals surface area contributed by atoms with E-state index in [9.17, 15) is 9.59 Å². The summed E-state index contributed by atoms with van der Waals surface area (Å²) in [5, 5.41) is 3.23. The number of carbonyl (C=O) groups is 2. The molecular formula is C15H15Cl2N3O2S2. The second-order valence-electron chi connectivity index (χ2n) is 5.42. The van der Waals surface area contributed by atoms with Crippen molar-refractivity contribution >= 4 is 62.8 Å². The number of likely N-dealkylation sites (tertiary alicyclic amines) is 1. The van der Waals surface area contributed by atoms with E-state index in [4.69, 9.17) is 23.2 Å². The van der Waals surface area contributed by atoms with Crippen molar-refractivity contribution in [2.45, 2.75) is 25.8 Å². The molecule has 0 aliphatic carbocycles. The van der Waals surface area contributed by atoms with Crippen molar-refractivity contribution in [2.24, 2.45) is 0 Å². The molecule has 0 aromatic carbocycles. The van der Waals surface area contributed by atoms with Gasteiger partial charge in [0.1, 0.15) is 10.2 Å². The lowest BCUT2D eigenvalue weighted by molar-refractivity contribution is -0.129. The highest BCUT2D eigenvalue weighted by molar-refractivity contribution is 7.19. The standard InChI is InChI=1S/C15H15Cl2N3O2S2/c1-8-9(14(22)19-15-18-7-12(17)24-15)5-11(23-8)10-3-2-4-20(10)13(21)6-16/h5,7,10H,2-4,6H2,1H3,(H,18,19,22). The Morgan fingerprint density at radius 3 is 2.92 bits per heavy atom. The van der Waals surface area contributed by atoms with Crippen LogP contribution in [0.5, 0.6) is 0 Å². The first-order valence-electron chi connectivity index (χ1n) is 7.38. The highest BCUT2D eigenvalue weighted by atomic mass is 35.5. The van der Waals surface area contributed by atoms with Gasteiger partial charge < -0.3 is 4.90 Å². The number of thiophene rings is 1. The Hall–Kier alpha value is -1.15. The summed E-state index contributed by atoms with van der Waals surface area (Å²) in [4.78, 5) is 32.2. The molecule has 128 valence electrons. The molecule has 3 heterocycles. The summed E-state index contributed by atoms with van der Waals surface area (Å²) in [5.41, 5.74) is 0.603. The molecule has 5 nitrogen and oxygen atoms in total. The maximum absolute atomic E-state index is 12.5. The summed E-state index contributed by atoms with van der Waals surface area (Å²) < 4.78 is 0.522. The van der Waals surface area contributed by atoms with Crippen molar-refractivity contribution < 1.29 is 9.59 Å². The average Bonchev–Trinajstić information content (AvgIpc) is 3.26. The van der Waals surface area contributed by atoms with Gasteiger partial charge in [0.2, 0.25) is 5.91 Å². The fourth-order valence-corrected chi connectivity index (χ4v) is 4.94. The first-order chi connectivity index (χ1) is 11.5. The van der Waals surface area contributed by atoms with Crippen molar-refractivity contribution in [1.29, 1.82) is 0 Å². The number of nitrogens with one attached hydrogen (secondary N) is 1. The third-order valence-electron chi connectivity index (χ3n) is 3.90. The number of hydrogen-bond donors (Lipinski definition) is 1. The van der Waals surface area contributed by atoms with Crippen LogP contribution in [0.2, 0.25) is 4.34 Å². The van der Waals surface area contributed by atoms with E-state index in [1.54, 1.807) is 16.2 Å². The normalized spacial score (nSPS) is 17.3. The minimum atomic E-state index is -0.214. The van der Waals surface area contributed by atoms with Crippen molar-refractivity contribution in [3.05, 3.63) is 31.9 Å². The lowest BCUT2D eigenvalue weighted by Crippen LogP contribution is -2.31. The van der Waals surface area contributed by atoms with E-state index in [1.165, 1.54) is 17.5 Å².